The Kier molecular flexibility index (Phi) is 1.71. The summed E-state index contributed by atoms with van der Waals surface area (Å²) >= 11 is 0. The third kappa shape index (κ3) is 1.05. The Morgan fingerprint density at radius 3 is 2.83 bits per heavy atom. The summed E-state index contributed by atoms with van der Waals surface area (Å²) in [4.78, 5) is 10.4. The number of carbonyl (C=O) groups is 1. The SMILES string of the molecule is Cc1cc(C=O)nn1C1CCC1. The molecule has 0 spiro atoms. The van der Waals surface area contributed by atoms with Gasteiger partial charge in [0.15, 0.2) is 6.29 Å². The van der Waals surface area contributed by atoms with Crippen LogP contribution in [-0.4, -0.2) is 16.1 Å². The van der Waals surface area contributed by atoms with Crippen LogP contribution in [-0.2, 0) is 0 Å². The summed E-state index contributed by atoms with van der Waals surface area (Å²) in [5, 5.41) is 4.20. The fraction of sp³-hybridized carbons (Fsp3) is 0.556. The zero-order valence-electron chi connectivity index (χ0n) is 7.16. The quantitative estimate of drug-likeness (QED) is 0.624. The molecule has 0 unspecified atom stereocenters. The maximum absolute atomic E-state index is 10.4. The van der Waals surface area contributed by atoms with E-state index in [1.807, 2.05) is 17.7 Å². The second-order valence-electron chi connectivity index (χ2n) is 3.36. The van der Waals surface area contributed by atoms with Crippen LogP contribution in [0.3, 0.4) is 0 Å². The monoisotopic (exact) mass is 164 g/mol. The van der Waals surface area contributed by atoms with Crippen LogP contribution in [0.4, 0.5) is 0 Å². The van der Waals surface area contributed by atoms with Gasteiger partial charge in [0.05, 0.1) is 6.04 Å². The van der Waals surface area contributed by atoms with Crippen LogP contribution < -0.4 is 0 Å². The van der Waals surface area contributed by atoms with E-state index in [9.17, 15) is 4.79 Å². The Morgan fingerprint density at radius 2 is 2.42 bits per heavy atom. The topological polar surface area (TPSA) is 34.9 Å². The number of nitrogens with zero attached hydrogens (tertiary/aromatic N) is 2. The van der Waals surface area contributed by atoms with Gasteiger partial charge in [-0.15, -0.1) is 0 Å². The maximum Gasteiger partial charge on any atom is 0.170 e. The van der Waals surface area contributed by atoms with Crippen LogP contribution in [0.25, 0.3) is 0 Å². The molecule has 1 heterocycles. The highest BCUT2D eigenvalue weighted by molar-refractivity contribution is 5.71. The van der Waals surface area contributed by atoms with Gasteiger partial charge in [-0.3, -0.25) is 9.48 Å². The molecule has 3 heteroatoms. The molecule has 2 rings (SSSR count). The molecule has 1 aromatic heterocycles. The lowest BCUT2D eigenvalue weighted by atomic mass is 9.93. The van der Waals surface area contributed by atoms with Crippen LogP contribution in [0, 0.1) is 6.92 Å². The summed E-state index contributed by atoms with van der Waals surface area (Å²) in [6, 6.07) is 2.39. The molecular weight excluding hydrogens is 152 g/mol. The Labute approximate surface area is 71.4 Å². The van der Waals surface area contributed by atoms with Crippen molar-refractivity contribution in [1.82, 2.24) is 9.78 Å². The second-order valence-corrected chi connectivity index (χ2v) is 3.36. The molecular formula is C9H12N2O. The van der Waals surface area contributed by atoms with Crippen LogP contribution >= 0.6 is 0 Å². The molecule has 0 atom stereocenters. The van der Waals surface area contributed by atoms with Gasteiger partial charge in [-0.1, -0.05) is 0 Å². The van der Waals surface area contributed by atoms with Gasteiger partial charge in [-0.05, 0) is 32.3 Å². The van der Waals surface area contributed by atoms with Crippen LogP contribution in [0.5, 0.6) is 0 Å². The van der Waals surface area contributed by atoms with Gasteiger partial charge in [0, 0.05) is 5.69 Å². The summed E-state index contributed by atoms with van der Waals surface area (Å²) in [5.41, 5.74) is 1.65. The first-order chi connectivity index (χ1) is 5.81. The molecule has 1 aromatic rings. The third-order valence-electron chi connectivity index (χ3n) is 2.48. The predicted octanol–water partition coefficient (Wildman–Crippen LogP) is 1.73. The van der Waals surface area contributed by atoms with Gasteiger partial charge in [0.25, 0.3) is 0 Å². The Balaban J connectivity index is 2.29. The minimum Gasteiger partial charge on any atom is -0.296 e. The van der Waals surface area contributed by atoms with Gasteiger partial charge in [-0.25, -0.2) is 0 Å². The van der Waals surface area contributed by atoms with Gasteiger partial charge in [-0.2, -0.15) is 5.10 Å². The normalized spacial score (nSPS) is 17.4. The number of carbonyl (C=O) groups excluding carboxylic acids is 1. The summed E-state index contributed by atoms with van der Waals surface area (Å²) in [5.74, 6) is 0. The molecule has 0 saturated heterocycles. The lowest BCUT2D eigenvalue weighted by Crippen LogP contribution is -2.19. The minimum absolute atomic E-state index is 0.554. The van der Waals surface area contributed by atoms with Crippen molar-refractivity contribution >= 4 is 6.29 Å². The van der Waals surface area contributed by atoms with E-state index >= 15 is 0 Å². The molecule has 0 aliphatic heterocycles. The molecule has 0 amide bonds. The zero-order chi connectivity index (χ0) is 8.55. The summed E-state index contributed by atoms with van der Waals surface area (Å²) in [6.45, 7) is 2.00. The van der Waals surface area contributed by atoms with E-state index in [0.29, 0.717) is 11.7 Å². The highest BCUT2D eigenvalue weighted by Crippen LogP contribution is 2.31. The highest BCUT2D eigenvalue weighted by atomic mass is 16.1. The van der Waals surface area contributed by atoms with E-state index in [0.717, 1.165) is 12.0 Å². The lowest BCUT2D eigenvalue weighted by Gasteiger charge is -2.26. The van der Waals surface area contributed by atoms with E-state index < -0.39 is 0 Å². The van der Waals surface area contributed by atoms with Crippen molar-refractivity contribution in [2.45, 2.75) is 32.2 Å². The van der Waals surface area contributed by atoms with Gasteiger partial charge in [0.2, 0.25) is 0 Å². The first kappa shape index (κ1) is 7.53. The average molecular weight is 164 g/mol. The molecule has 1 saturated carbocycles. The predicted molar refractivity (Wildman–Crippen MR) is 45.2 cm³/mol. The Morgan fingerprint density at radius 1 is 1.67 bits per heavy atom. The number of hydrogen-bond donors (Lipinski definition) is 0. The first-order valence-electron chi connectivity index (χ1n) is 4.32. The van der Waals surface area contributed by atoms with Crippen LogP contribution in [0.2, 0.25) is 0 Å². The molecule has 1 fully saturated rings. The number of hydrogen-bond acceptors (Lipinski definition) is 2. The zero-order valence-corrected chi connectivity index (χ0v) is 7.16. The first-order valence-corrected chi connectivity index (χ1v) is 4.32. The molecule has 0 radical (unpaired) electrons. The van der Waals surface area contributed by atoms with Crippen molar-refractivity contribution in [3.63, 3.8) is 0 Å². The van der Waals surface area contributed by atoms with E-state index in [4.69, 9.17) is 0 Å². The maximum atomic E-state index is 10.4. The minimum atomic E-state index is 0.554. The molecule has 12 heavy (non-hydrogen) atoms. The van der Waals surface area contributed by atoms with Gasteiger partial charge >= 0.3 is 0 Å². The van der Waals surface area contributed by atoms with Crippen molar-refractivity contribution in [2.75, 3.05) is 0 Å². The van der Waals surface area contributed by atoms with E-state index in [-0.39, 0.29) is 0 Å². The standard InChI is InChI=1S/C9H12N2O/c1-7-5-8(6-12)10-11(7)9-3-2-4-9/h5-6,9H,2-4H2,1H3. The van der Waals surface area contributed by atoms with Crippen molar-refractivity contribution in [3.8, 4) is 0 Å². The molecule has 0 N–H and O–H groups in total. The molecule has 3 nitrogen and oxygen atoms in total. The molecule has 1 aliphatic carbocycles. The van der Waals surface area contributed by atoms with Crippen molar-refractivity contribution in [3.05, 3.63) is 17.5 Å². The second kappa shape index (κ2) is 2.73. The highest BCUT2D eigenvalue weighted by Gasteiger charge is 2.21. The summed E-state index contributed by atoms with van der Waals surface area (Å²) in [7, 11) is 0. The van der Waals surface area contributed by atoms with Crippen molar-refractivity contribution < 1.29 is 4.79 Å². The number of rotatable bonds is 2. The van der Waals surface area contributed by atoms with E-state index in [1.165, 1.54) is 19.3 Å². The largest absolute Gasteiger partial charge is 0.296 e. The third-order valence-corrected chi connectivity index (χ3v) is 2.48. The summed E-state index contributed by atoms with van der Waals surface area (Å²) in [6.07, 6.45) is 4.52. The summed E-state index contributed by atoms with van der Waals surface area (Å²) < 4.78 is 1.98. The fourth-order valence-electron chi connectivity index (χ4n) is 1.57. The number of aromatic nitrogens is 2. The van der Waals surface area contributed by atoms with Crippen molar-refractivity contribution in [1.29, 1.82) is 0 Å². The molecule has 1 aliphatic rings. The Bertz CT molecular complexity index is 299. The molecule has 0 aromatic carbocycles. The van der Waals surface area contributed by atoms with Crippen LogP contribution in [0.1, 0.15) is 41.5 Å². The Hall–Kier alpha value is -1.12. The lowest BCUT2D eigenvalue weighted by molar-refractivity contribution is 0.111. The van der Waals surface area contributed by atoms with Crippen molar-refractivity contribution in [2.24, 2.45) is 0 Å². The molecule has 0 bridgehead atoms. The van der Waals surface area contributed by atoms with Gasteiger partial charge in [0.1, 0.15) is 5.69 Å². The number of aldehydes is 1. The van der Waals surface area contributed by atoms with E-state index in [1.54, 1.807) is 0 Å². The average Bonchev–Trinajstić information content (AvgIpc) is 2.29. The number of aryl methyl sites for hydroxylation is 1. The van der Waals surface area contributed by atoms with E-state index in [2.05, 4.69) is 5.10 Å². The smallest absolute Gasteiger partial charge is 0.170 e. The van der Waals surface area contributed by atoms with Gasteiger partial charge < -0.3 is 0 Å². The molecule has 64 valence electrons. The van der Waals surface area contributed by atoms with Crippen LogP contribution in [0.15, 0.2) is 6.07 Å². The fourth-order valence-corrected chi connectivity index (χ4v) is 1.57.